The van der Waals surface area contributed by atoms with Gasteiger partial charge >= 0.3 is 6.03 Å². The zero-order valence-electron chi connectivity index (χ0n) is 15.1. The van der Waals surface area contributed by atoms with Crippen LogP contribution in [0, 0.1) is 0 Å². The Bertz CT molecular complexity index is 857. The largest absolute Gasteiger partial charge is 0.497 e. The third-order valence-electron chi connectivity index (χ3n) is 4.23. The fourth-order valence-corrected chi connectivity index (χ4v) is 2.79. The normalized spacial score (nSPS) is 19.0. The standard InChI is InChI=1S/C18H19N3O6/c1-18(14-5-4-6-27-14)16(23)21(17(24)20-18)10-15(22)19-11-7-12(25-2)9-13(8-11)26-3/h4-9H,10H2,1-3H3,(H,19,22)(H,20,24)/t18-/m0/s1. The molecule has 2 N–H and O–H groups in total. The molecule has 0 aliphatic carbocycles. The van der Waals surface area contributed by atoms with Gasteiger partial charge in [-0.05, 0) is 19.1 Å². The van der Waals surface area contributed by atoms with Crippen molar-refractivity contribution >= 4 is 23.5 Å². The summed E-state index contributed by atoms with van der Waals surface area (Å²) >= 11 is 0. The van der Waals surface area contributed by atoms with Crippen molar-refractivity contribution in [2.24, 2.45) is 0 Å². The molecule has 0 bridgehead atoms. The third kappa shape index (κ3) is 3.43. The summed E-state index contributed by atoms with van der Waals surface area (Å²) in [4.78, 5) is 38.1. The molecule has 1 aromatic carbocycles. The van der Waals surface area contributed by atoms with Gasteiger partial charge in [0.15, 0.2) is 5.54 Å². The fourth-order valence-electron chi connectivity index (χ4n) is 2.79. The van der Waals surface area contributed by atoms with E-state index < -0.39 is 29.9 Å². The summed E-state index contributed by atoms with van der Waals surface area (Å²) < 4.78 is 15.5. The van der Waals surface area contributed by atoms with E-state index >= 15 is 0 Å². The molecule has 2 heterocycles. The van der Waals surface area contributed by atoms with Gasteiger partial charge in [-0.2, -0.15) is 0 Å². The molecule has 1 saturated heterocycles. The molecule has 142 valence electrons. The predicted molar refractivity (Wildman–Crippen MR) is 94.5 cm³/mol. The first kappa shape index (κ1) is 18.3. The van der Waals surface area contributed by atoms with Crippen LogP contribution in [0.4, 0.5) is 10.5 Å². The van der Waals surface area contributed by atoms with Crippen LogP contribution in [0.2, 0.25) is 0 Å². The van der Waals surface area contributed by atoms with Gasteiger partial charge in [-0.15, -0.1) is 0 Å². The SMILES string of the molecule is COc1cc(NC(=O)CN2C(=O)N[C@@](C)(c3ccco3)C2=O)cc(OC)c1. The van der Waals surface area contributed by atoms with Crippen LogP contribution in [0.3, 0.4) is 0 Å². The number of amides is 4. The van der Waals surface area contributed by atoms with E-state index in [1.165, 1.54) is 27.4 Å². The number of rotatable bonds is 6. The van der Waals surface area contributed by atoms with Crippen LogP contribution >= 0.6 is 0 Å². The van der Waals surface area contributed by atoms with Crippen LogP contribution in [0.15, 0.2) is 41.0 Å². The summed E-state index contributed by atoms with van der Waals surface area (Å²) in [5.41, 5.74) is -0.933. The minimum absolute atomic E-state index is 0.293. The van der Waals surface area contributed by atoms with E-state index in [4.69, 9.17) is 13.9 Å². The highest BCUT2D eigenvalue weighted by atomic mass is 16.5. The molecule has 2 aromatic rings. The molecule has 1 aliphatic rings. The first-order valence-electron chi connectivity index (χ1n) is 8.08. The highest BCUT2D eigenvalue weighted by Gasteiger charge is 2.51. The van der Waals surface area contributed by atoms with Crippen LogP contribution in [0.25, 0.3) is 0 Å². The van der Waals surface area contributed by atoms with Gasteiger partial charge in [0.05, 0.1) is 20.5 Å². The van der Waals surface area contributed by atoms with Crippen LogP contribution in [0.1, 0.15) is 12.7 Å². The Labute approximate surface area is 155 Å². The number of urea groups is 1. The number of hydrogen-bond acceptors (Lipinski definition) is 6. The van der Waals surface area contributed by atoms with Gasteiger partial charge in [0.1, 0.15) is 23.8 Å². The van der Waals surface area contributed by atoms with E-state index in [1.807, 2.05) is 0 Å². The second-order valence-corrected chi connectivity index (χ2v) is 6.07. The maximum absolute atomic E-state index is 12.7. The van der Waals surface area contributed by atoms with Crippen molar-refractivity contribution in [3.8, 4) is 11.5 Å². The Kier molecular flexibility index (Phi) is 4.76. The number of benzene rings is 1. The number of hydrogen-bond donors (Lipinski definition) is 2. The van der Waals surface area contributed by atoms with Crippen LogP contribution in [-0.2, 0) is 15.1 Å². The lowest BCUT2D eigenvalue weighted by Gasteiger charge is -2.19. The van der Waals surface area contributed by atoms with Crippen molar-refractivity contribution in [2.45, 2.75) is 12.5 Å². The summed E-state index contributed by atoms with van der Waals surface area (Å²) in [7, 11) is 2.98. The maximum atomic E-state index is 12.7. The average Bonchev–Trinajstić information content (AvgIpc) is 3.26. The Morgan fingerprint density at radius 3 is 2.44 bits per heavy atom. The first-order valence-corrected chi connectivity index (χ1v) is 8.08. The molecular formula is C18H19N3O6. The zero-order valence-corrected chi connectivity index (χ0v) is 15.1. The highest BCUT2D eigenvalue weighted by Crippen LogP contribution is 2.29. The lowest BCUT2D eigenvalue weighted by molar-refractivity contribution is -0.134. The van der Waals surface area contributed by atoms with Gasteiger partial charge in [0.25, 0.3) is 5.91 Å². The van der Waals surface area contributed by atoms with Crippen molar-refractivity contribution in [1.29, 1.82) is 0 Å². The van der Waals surface area contributed by atoms with Crippen LogP contribution in [-0.4, -0.2) is 43.5 Å². The Morgan fingerprint density at radius 1 is 1.22 bits per heavy atom. The summed E-state index contributed by atoms with van der Waals surface area (Å²) in [5, 5.41) is 5.19. The molecule has 9 nitrogen and oxygen atoms in total. The van der Waals surface area contributed by atoms with Crippen LogP contribution < -0.4 is 20.1 Å². The van der Waals surface area contributed by atoms with Crippen molar-refractivity contribution in [3.63, 3.8) is 0 Å². The van der Waals surface area contributed by atoms with Crippen molar-refractivity contribution in [2.75, 3.05) is 26.1 Å². The number of carbonyl (C=O) groups is 3. The van der Waals surface area contributed by atoms with Gasteiger partial charge in [-0.3, -0.25) is 14.5 Å². The molecule has 9 heteroatoms. The monoisotopic (exact) mass is 373 g/mol. The minimum Gasteiger partial charge on any atom is -0.497 e. The number of furan rings is 1. The van der Waals surface area contributed by atoms with Crippen LogP contribution in [0.5, 0.6) is 11.5 Å². The molecule has 1 fully saturated rings. The molecule has 27 heavy (non-hydrogen) atoms. The Morgan fingerprint density at radius 2 is 1.89 bits per heavy atom. The zero-order chi connectivity index (χ0) is 19.6. The summed E-state index contributed by atoms with van der Waals surface area (Å²) in [6, 6.07) is 7.38. The van der Waals surface area contributed by atoms with E-state index in [9.17, 15) is 14.4 Å². The number of ether oxygens (including phenoxy) is 2. The minimum atomic E-state index is -1.35. The smallest absolute Gasteiger partial charge is 0.325 e. The number of methoxy groups -OCH3 is 2. The lowest BCUT2D eigenvalue weighted by Crippen LogP contribution is -2.41. The van der Waals surface area contributed by atoms with E-state index in [0.29, 0.717) is 22.9 Å². The second-order valence-electron chi connectivity index (χ2n) is 6.07. The molecule has 1 aliphatic heterocycles. The number of nitrogens with zero attached hydrogens (tertiary/aromatic N) is 1. The van der Waals surface area contributed by atoms with E-state index in [2.05, 4.69) is 10.6 Å². The number of carbonyl (C=O) groups excluding carboxylic acids is 3. The predicted octanol–water partition coefficient (Wildman–Crippen LogP) is 1.70. The summed E-state index contributed by atoms with van der Waals surface area (Å²) in [6.45, 7) is 1.08. The molecule has 1 atom stereocenters. The van der Waals surface area contributed by atoms with E-state index in [1.54, 1.807) is 30.3 Å². The number of imide groups is 1. The molecule has 0 unspecified atom stereocenters. The Balaban J connectivity index is 1.73. The topological polar surface area (TPSA) is 110 Å². The van der Waals surface area contributed by atoms with Crippen molar-refractivity contribution in [3.05, 3.63) is 42.4 Å². The number of anilines is 1. The highest BCUT2D eigenvalue weighted by molar-refractivity contribution is 6.10. The average molecular weight is 373 g/mol. The molecule has 0 spiro atoms. The molecule has 0 radical (unpaired) electrons. The third-order valence-corrected chi connectivity index (χ3v) is 4.23. The van der Waals surface area contributed by atoms with E-state index in [-0.39, 0.29) is 0 Å². The second kappa shape index (κ2) is 7.02. The summed E-state index contributed by atoms with van der Waals surface area (Å²) in [6.07, 6.45) is 1.41. The van der Waals surface area contributed by atoms with Gasteiger partial charge in [-0.25, -0.2) is 4.79 Å². The van der Waals surface area contributed by atoms with Crippen molar-refractivity contribution in [1.82, 2.24) is 10.2 Å². The maximum Gasteiger partial charge on any atom is 0.325 e. The van der Waals surface area contributed by atoms with E-state index in [0.717, 1.165) is 4.90 Å². The first-order chi connectivity index (χ1) is 12.9. The van der Waals surface area contributed by atoms with Gasteiger partial charge in [0, 0.05) is 23.9 Å². The summed E-state index contributed by atoms with van der Waals surface area (Å²) in [5.74, 6) is 0.162. The molecule has 1 aromatic heterocycles. The van der Waals surface area contributed by atoms with Gasteiger partial charge in [0.2, 0.25) is 5.91 Å². The van der Waals surface area contributed by atoms with Crippen molar-refractivity contribution < 1.29 is 28.3 Å². The Hall–Kier alpha value is -3.49. The van der Waals surface area contributed by atoms with Gasteiger partial charge < -0.3 is 24.5 Å². The molecule has 0 saturated carbocycles. The fraction of sp³-hybridized carbons (Fsp3) is 0.278. The number of nitrogens with one attached hydrogen (secondary N) is 2. The molecule has 4 amide bonds. The lowest BCUT2D eigenvalue weighted by atomic mass is 9.99. The quantitative estimate of drug-likeness (QED) is 0.746. The molecule has 3 rings (SSSR count). The van der Waals surface area contributed by atoms with Gasteiger partial charge in [-0.1, -0.05) is 0 Å². The molecular weight excluding hydrogens is 354 g/mol.